The highest BCUT2D eigenvalue weighted by Crippen LogP contribution is 2.31. The van der Waals surface area contributed by atoms with Gasteiger partial charge in [-0.2, -0.15) is 0 Å². The molecule has 2 rings (SSSR count). The molecule has 0 bridgehead atoms. The number of aliphatic hydroxyl groups is 1. The molecule has 1 aromatic rings. The highest BCUT2D eigenvalue weighted by atomic mass is 16.6. The monoisotopic (exact) mass is 329 g/mol. The molecule has 0 fully saturated rings. The second-order valence-electron chi connectivity index (χ2n) is 5.94. The molecule has 0 radical (unpaired) electrons. The van der Waals surface area contributed by atoms with Crippen molar-refractivity contribution >= 4 is 0 Å². The first-order valence-electron chi connectivity index (χ1n) is 8.34. The molecule has 5 heteroatoms. The van der Waals surface area contributed by atoms with Gasteiger partial charge in [-0.05, 0) is 18.4 Å². The standard InChI is InChI=1S/C19H27N3O2/c1-3-6-16(9-11-23)13-22-14-21-19(18(22)10-12-24-20)17-8-5-4-7-15(17)2/h3-9,14-15,17,23H,10-13,20H2,1-2H3/b6-3-,16-9+. The molecular formula is C19H27N3O2. The summed E-state index contributed by atoms with van der Waals surface area (Å²) in [4.78, 5) is 9.48. The van der Waals surface area contributed by atoms with Crippen LogP contribution in [0.1, 0.15) is 31.2 Å². The molecule has 1 aliphatic rings. The van der Waals surface area contributed by atoms with Gasteiger partial charge in [-0.1, -0.05) is 49.5 Å². The molecule has 0 saturated heterocycles. The molecule has 0 saturated carbocycles. The lowest BCUT2D eigenvalue weighted by atomic mass is 9.86. The van der Waals surface area contributed by atoms with Crippen LogP contribution in [-0.2, 0) is 17.8 Å². The van der Waals surface area contributed by atoms with Crippen LogP contribution in [0.3, 0.4) is 0 Å². The zero-order valence-corrected chi connectivity index (χ0v) is 14.4. The minimum Gasteiger partial charge on any atom is -0.392 e. The lowest BCUT2D eigenvalue weighted by Gasteiger charge is -2.21. The van der Waals surface area contributed by atoms with Gasteiger partial charge in [0.1, 0.15) is 0 Å². The maximum absolute atomic E-state index is 9.21. The average molecular weight is 329 g/mol. The number of nitrogens with zero attached hydrogens (tertiary/aromatic N) is 2. The molecule has 5 nitrogen and oxygen atoms in total. The average Bonchev–Trinajstić information content (AvgIpc) is 2.96. The fourth-order valence-electron chi connectivity index (χ4n) is 3.04. The van der Waals surface area contributed by atoms with Gasteiger partial charge >= 0.3 is 0 Å². The van der Waals surface area contributed by atoms with Gasteiger partial charge in [-0.3, -0.25) is 0 Å². The Hall–Kier alpha value is -1.95. The van der Waals surface area contributed by atoms with E-state index in [-0.39, 0.29) is 12.5 Å². The SMILES string of the molecule is C/C=C\C(=C/CO)Cn1cnc(C2C=CC=CC2C)c1CCON. The molecule has 0 amide bonds. The summed E-state index contributed by atoms with van der Waals surface area (Å²) in [6.45, 7) is 5.30. The number of aromatic nitrogens is 2. The Morgan fingerprint density at radius 2 is 2.21 bits per heavy atom. The number of nitrogens with two attached hydrogens (primary N) is 1. The van der Waals surface area contributed by atoms with Crippen molar-refractivity contribution < 1.29 is 9.94 Å². The minimum atomic E-state index is 0.0235. The molecule has 0 aromatic carbocycles. The summed E-state index contributed by atoms with van der Waals surface area (Å²) in [7, 11) is 0. The highest BCUT2D eigenvalue weighted by Gasteiger charge is 2.23. The summed E-state index contributed by atoms with van der Waals surface area (Å²) in [5.41, 5.74) is 3.25. The summed E-state index contributed by atoms with van der Waals surface area (Å²) in [5, 5.41) is 9.21. The summed E-state index contributed by atoms with van der Waals surface area (Å²) < 4.78 is 2.12. The number of hydrogen-bond donors (Lipinski definition) is 2. The van der Waals surface area contributed by atoms with E-state index in [4.69, 9.17) is 10.7 Å². The van der Waals surface area contributed by atoms with Gasteiger partial charge in [0.15, 0.2) is 0 Å². The topological polar surface area (TPSA) is 73.3 Å². The van der Waals surface area contributed by atoms with Gasteiger partial charge in [0.2, 0.25) is 0 Å². The summed E-state index contributed by atoms with van der Waals surface area (Å²) in [6.07, 6.45) is 16.9. The van der Waals surface area contributed by atoms with E-state index in [1.807, 2.05) is 31.5 Å². The van der Waals surface area contributed by atoms with Crippen LogP contribution in [-0.4, -0.2) is 27.9 Å². The van der Waals surface area contributed by atoms with Crippen molar-refractivity contribution in [1.82, 2.24) is 9.55 Å². The van der Waals surface area contributed by atoms with Crippen molar-refractivity contribution in [2.45, 2.75) is 32.7 Å². The van der Waals surface area contributed by atoms with Crippen LogP contribution in [0.5, 0.6) is 0 Å². The molecule has 1 heterocycles. The Bertz CT molecular complexity index is 641. The fraction of sp³-hybridized carbons (Fsp3) is 0.421. The van der Waals surface area contributed by atoms with Gasteiger partial charge in [0.05, 0.1) is 25.2 Å². The third kappa shape index (κ3) is 4.54. The van der Waals surface area contributed by atoms with Crippen molar-refractivity contribution in [3.8, 4) is 0 Å². The molecule has 1 aromatic heterocycles. The van der Waals surface area contributed by atoms with Gasteiger partial charge in [0.25, 0.3) is 0 Å². The van der Waals surface area contributed by atoms with Crippen LogP contribution in [0.2, 0.25) is 0 Å². The highest BCUT2D eigenvalue weighted by molar-refractivity contribution is 5.30. The molecular weight excluding hydrogens is 302 g/mol. The van der Waals surface area contributed by atoms with Crippen molar-refractivity contribution in [2.75, 3.05) is 13.2 Å². The normalized spacial score (nSPS) is 21.1. The third-order valence-corrected chi connectivity index (χ3v) is 4.25. The Morgan fingerprint density at radius 3 is 2.88 bits per heavy atom. The van der Waals surface area contributed by atoms with Crippen LogP contribution in [0.15, 0.2) is 54.4 Å². The molecule has 2 unspecified atom stereocenters. The van der Waals surface area contributed by atoms with E-state index in [2.05, 4.69) is 40.8 Å². The molecule has 3 N–H and O–H groups in total. The zero-order valence-electron chi connectivity index (χ0n) is 14.4. The zero-order chi connectivity index (χ0) is 17.4. The smallest absolute Gasteiger partial charge is 0.0955 e. The summed E-state index contributed by atoms with van der Waals surface area (Å²) >= 11 is 0. The predicted octanol–water partition coefficient (Wildman–Crippen LogP) is 2.66. The maximum atomic E-state index is 9.21. The van der Waals surface area contributed by atoms with Crippen molar-refractivity contribution in [3.63, 3.8) is 0 Å². The van der Waals surface area contributed by atoms with Crippen molar-refractivity contribution in [1.29, 1.82) is 0 Å². The number of hydrogen-bond acceptors (Lipinski definition) is 4. The lowest BCUT2D eigenvalue weighted by Crippen LogP contribution is -2.15. The van der Waals surface area contributed by atoms with Crippen molar-refractivity contribution in [3.05, 3.63) is 65.8 Å². The second kappa shape index (κ2) is 9.37. The van der Waals surface area contributed by atoms with Gasteiger partial charge in [-0.25, -0.2) is 10.9 Å². The Kier molecular flexibility index (Phi) is 7.18. The lowest BCUT2D eigenvalue weighted by molar-refractivity contribution is 0.140. The molecule has 1 aliphatic carbocycles. The maximum Gasteiger partial charge on any atom is 0.0955 e. The van der Waals surface area contributed by atoms with E-state index in [0.29, 0.717) is 25.5 Å². The van der Waals surface area contributed by atoms with Crippen LogP contribution in [0.25, 0.3) is 0 Å². The Morgan fingerprint density at radius 1 is 1.42 bits per heavy atom. The van der Waals surface area contributed by atoms with E-state index in [1.165, 1.54) is 0 Å². The summed E-state index contributed by atoms with van der Waals surface area (Å²) in [6, 6.07) is 0. The molecule has 0 spiro atoms. The number of aliphatic hydroxyl groups excluding tert-OH is 1. The first-order valence-corrected chi connectivity index (χ1v) is 8.34. The van der Waals surface area contributed by atoms with E-state index in [1.54, 1.807) is 0 Å². The number of allylic oxidation sites excluding steroid dienone is 7. The summed E-state index contributed by atoms with van der Waals surface area (Å²) in [5.74, 6) is 5.90. The van der Waals surface area contributed by atoms with E-state index in [0.717, 1.165) is 17.0 Å². The first kappa shape index (κ1) is 18.4. The van der Waals surface area contributed by atoms with E-state index < -0.39 is 0 Å². The number of rotatable bonds is 8. The third-order valence-electron chi connectivity index (χ3n) is 4.25. The van der Waals surface area contributed by atoms with Gasteiger partial charge < -0.3 is 14.5 Å². The predicted molar refractivity (Wildman–Crippen MR) is 96.2 cm³/mol. The van der Waals surface area contributed by atoms with Crippen molar-refractivity contribution in [2.24, 2.45) is 11.8 Å². The minimum absolute atomic E-state index is 0.0235. The molecule has 24 heavy (non-hydrogen) atoms. The Balaban J connectivity index is 2.33. The van der Waals surface area contributed by atoms with E-state index in [9.17, 15) is 5.11 Å². The molecule has 2 atom stereocenters. The second-order valence-corrected chi connectivity index (χ2v) is 5.94. The molecule has 130 valence electrons. The Labute approximate surface area is 143 Å². The van der Waals surface area contributed by atoms with Crippen LogP contribution >= 0.6 is 0 Å². The van der Waals surface area contributed by atoms with Crippen LogP contribution in [0, 0.1) is 5.92 Å². The van der Waals surface area contributed by atoms with E-state index >= 15 is 0 Å². The first-order chi connectivity index (χ1) is 11.7. The van der Waals surface area contributed by atoms with Gasteiger partial charge in [0, 0.05) is 24.6 Å². The quantitative estimate of drug-likeness (QED) is 0.568. The van der Waals surface area contributed by atoms with Crippen LogP contribution < -0.4 is 5.90 Å². The van der Waals surface area contributed by atoms with Gasteiger partial charge in [-0.15, -0.1) is 0 Å². The number of imidazole rings is 1. The molecule has 0 aliphatic heterocycles. The van der Waals surface area contributed by atoms with Crippen LogP contribution in [0.4, 0.5) is 0 Å². The largest absolute Gasteiger partial charge is 0.392 e. The fourth-order valence-corrected chi connectivity index (χ4v) is 3.04.